The van der Waals surface area contributed by atoms with Gasteiger partial charge in [-0.25, -0.2) is 9.37 Å². The van der Waals surface area contributed by atoms with Gasteiger partial charge in [-0.1, -0.05) is 11.6 Å². The molecule has 1 saturated heterocycles. The Morgan fingerprint density at radius 3 is 2.69 bits per heavy atom. The summed E-state index contributed by atoms with van der Waals surface area (Å²) in [5.74, 6) is -1.55. The molecule has 0 spiro atoms. The molecule has 8 nitrogen and oxygen atoms in total. The zero-order valence-corrected chi connectivity index (χ0v) is 19.5. The van der Waals surface area contributed by atoms with Crippen molar-refractivity contribution < 1.29 is 27.1 Å². The van der Waals surface area contributed by atoms with Crippen LogP contribution in [0.25, 0.3) is 0 Å². The van der Waals surface area contributed by atoms with Crippen LogP contribution >= 0.6 is 11.6 Å². The number of hydrogen-bond acceptors (Lipinski definition) is 6. The van der Waals surface area contributed by atoms with Gasteiger partial charge in [-0.05, 0) is 37.5 Å². The summed E-state index contributed by atoms with van der Waals surface area (Å²) in [6, 6.07) is 1.71. The molecule has 0 aliphatic carbocycles. The number of alkyl halides is 3. The number of carbonyl (C=O) groups excluding carboxylic acids is 1. The van der Waals surface area contributed by atoms with Gasteiger partial charge < -0.3 is 14.2 Å². The van der Waals surface area contributed by atoms with E-state index in [9.17, 15) is 27.2 Å². The minimum atomic E-state index is -4.72. The minimum absolute atomic E-state index is 0.0264. The molecule has 2 aromatic heterocycles. The van der Waals surface area contributed by atoms with Gasteiger partial charge in [0.05, 0.1) is 35.8 Å². The molecule has 1 unspecified atom stereocenters. The van der Waals surface area contributed by atoms with E-state index in [1.165, 1.54) is 21.6 Å². The third-order valence-corrected chi connectivity index (χ3v) is 6.68. The lowest BCUT2D eigenvalue weighted by molar-refractivity contribution is -0.137. The summed E-state index contributed by atoms with van der Waals surface area (Å²) in [5.41, 5.74) is -1.93. The van der Waals surface area contributed by atoms with Crippen molar-refractivity contribution in [3.8, 4) is 0 Å². The monoisotopic (exact) mass is 525 g/mol. The second-order valence-corrected chi connectivity index (χ2v) is 8.95. The van der Waals surface area contributed by atoms with Crippen LogP contribution in [0.2, 0.25) is 5.02 Å². The number of nitrogens with zero attached hydrogens (tertiary/aromatic N) is 5. The maximum absolute atomic E-state index is 14.3. The molecule has 0 radical (unpaired) electrons. The SMILES string of the molecule is O=C(c1cc(C(F)(F)F)ccc1F)c1cnc2n1CCN(c1cnn(C3CCCCO3)c(=O)c1Cl)C2. The molecule has 0 bridgehead atoms. The van der Waals surface area contributed by atoms with Crippen molar-refractivity contribution in [1.29, 1.82) is 0 Å². The highest BCUT2D eigenvalue weighted by Gasteiger charge is 2.33. The molecule has 13 heteroatoms. The summed E-state index contributed by atoms with van der Waals surface area (Å²) in [5, 5.41) is 4.22. The molecule has 1 aromatic carbocycles. The molecule has 0 amide bonds. The van der Waals surface area contributed by atoms with Crippen LogP contribution in [0.15, 0.2) is 35.4 Å². The Hall–Kier alpha value is -3.25. The Balaban J connectivity index is 1.40. The molecular formula is C23H20ClF4N5O3. The van der Waals surface area contributed by atoms with E-state index >= 15 is 0 Å². The lowest BCUT2D eigenvalue weighted by Gasteiger charge is -2.31. The number of anilines is 1. The van der Waals surface area contributed by atoms with Crippen LogP contribution in [-0.4, -0.2) is 38.3 Å². The second-order valence-electron chi connectivity index (χ2n) is 8.57. The highest BCUT2D eigenvalue weighted by atomic mass is 35.5. The molecule has 2 aliphatic rings. The number of ketones is 1. The molecule has 0 N–H and O–H groups in total. The molecule has 3 aromatic rings. The predicted octanol–water partition coefficient (Wildman–Crippen LogP) is 4.20. The zero-order valence-electron chi connectivity index (χ0n) is 18.8. The lowest BCUT2D eigenvalue weighted by atomic mass is 10.0. The maximum atomic E-state index is 14.3. The Labute approximate surface area is 207 Å². The molecular weight excluding hydrogens is 506 g/mol. The average Bonchev–Trinajstić information content (AvgIpc) is 3.28. The van der Waals surface area contributed by atoms with Gasteiger partial charge in [-0.2, -0.15) is 23.0 Å². The molecule has 2 aliphatic heterocycles. The first-order chi connectivity index (χ1) is 17.1. The van der Waals surface area contributed by atoms with Gasteiger partial charge in [0.1, 0.15) is 22.4 Å². The van der Waals surface area contributed by atoms with Gasteiger partial charge in [0.15, 0.2) is 6.23 Å². The van der Waals surface area contributed by atoms with E-state index in [1.807, 2.05) is 0 Å². The van der Waals surface area contributed by atoms with Gasteiger partial charge in [-0.3, -0.25) is 9.59 Å². The molecule has 36 heavy (non-hydrogen) atoms. The fourth-order valence-electron chi connectivity index (χ4n) is 4.44. The third kappa shape index (κ3) is 4.39. The number of benzene rings is 1. The van der Waals surface area contributed by atoms with E-state index < -0.39 is 40.7 Å². The molecule has 1 atom stereocenters. The highest BCUT2D eigenvalue weighted by Crippen LogP contribution is 2.32. The standard InChI is InChI=1S/C23H20ClF4N5O3/c24-20-16(11-30-33(22(20)35)19-3-1-2-8-36-19)31-6-7-32-17(10-29-18(32)12-31)21(34)14-9-13(23(26,27)28)4-5-15(14)25/h4-5,9-11,19H,1-3,6-8,12H2. The fraction of sp³-hybridized carbons (Fsp3) is 0.391. The van der Waals surface area contributed by atoms with Crippen LogP contribution in [0.5, 0.6) is 0 Å². The Morgan fingerprint density at radius 2 is 1.97 bits per heavy atom. The normalized spacial score (nSPS) is 18.2. The summed E-state index contributed by atoms with van der Waals surface area (Å²) in [6.45, 7) is 1.21. The van der Waals surface area contributed by atoms with E-state index in [1.54, 1.807) is 4.90 Å². The van der Waals surface area contributed by atoms with Crippen molar-refractivity contribution >= 4 is 23.1 Å². The predicted molar refractivity (Wildman–Crippen MR) is 120 cm³/mol. The van der Waals surface area contributed by atoms with Crippen molar-refractivity contribution in [2.45, 2.75) is 44.8 Å². The van der Waals surface area contributed by atoms with Crippen LogP contribution in [0.4, 0.5) is 23.2 Å². The summed E-state index contributed by atoms with van der Waals surface area (Å²) >= 11 is 6.40. The number of aromatic nitrogens is 4. The van der Waals surface area contributed by atoms with E-state index in [2.05, 4.69) is 10.1 Å². The number of imidazole rings is 1. The fourth-order valence-corrected chi connectivity index (χ4v) is 4.69. The van der Waals surface area contributed by atoms with Crippen LogP contribution < -0.4 is 10.5 Å². The number of ether oxygens (including phenoxy) is 1. The van der Waals surface area contributed by atoms with Crippen molar-refractivity contribution in [1.82, 2.24) is 19.3 Å². The number of rotatable bonds is 4. The van der Waals surface area contributed by atoms with E-state index in [4.69, 9.17) is 16.3 Å². The zero-order chi connectivity index (χ0) is 25.6. The summed E-state index contributed by atoms with van der Waals surface area (Å²) in [7, 11) is 0. The number of halogens is 5. The summed E-state index contributed by atoms with van der Waals surface area (Å²) < 4.78 is 61.9. The second kappa shape index (κ2) is 9.32. The molecule has 0 saturated carbocycles. The van der Waals surface area contributed by atoms with Crippen molar-refractivity contribution in [3.63, 3.8) is 0 Å². The van der Waals surface area contributed by atoms with Gasteiger partial charge in [0.2, 0.25) is 5.78 Å². The Bertz CT molecular complexity index is 1380. The van der Waals surface area contributed by atoms with Crippen LogP contribution in [0.3, 0.4) is 0 Å². The van der Waals surface area contributed by atoms with Gasteiger partial charge >= 0.3 is 6.18 Å². The van der Waals surface area contributed by atoms with E-state index in [0.29, 0.717) is 49.3 Å². The van der Waals surface area contributed by atoms with E-state index in [-0.39, 0.29) is 23.8 Å². The van der Waals surface area contributed by atoms with Gasteiger partial charge in [-0.15, -0.1) is 0 Å². The first-order valence-electron chi connectivity index (χ1n) is 11.2. The topological polar surface area (TPSA) is 82.2 Å². The van der Waals surface area contributed by atoms with Gasteiger partial charge in [0, 0.05) is 19.7 Å². The summed E-state index contributed by atoms with van der Waals surface area (Å²) in [4.78, 5) is 31.8. The molecule has 4 heterocycles. The lowest BCUT2D eigenvalue weighted by Crippen LogP contribution is -2.37. The average molecular weight is 526 g/mol. The number of fused-ring (bicyclic) bond motifs is 1. The van der Waals surface area contributed by atoms with Crippen LogP contribution in [-0.2, 0) is 24.0 Å². The molecule has 190 valence electrons. The first-order valence-corrected chi connectivity index (χ1v) is 11.6. The molecule has 1 fully saturated rings. The van der Waals surface area contributed by atoms with Gasteiger partial charge in [0.25, 0.3) is 5.56 Å². The Kier molecular flexibility index (Phi) is 6.33. The van der Waals surface area contributed by atoms with Crippen molar-refractivity contribution in [2.24, 2.45) is 0 Å². The van der Waals surface area contributed by atoms with Crippen molar-refractivity contribution in [3.05, 3.63) is 74.4 Å². The smallest absolute Gasteiger partial charge is 0.360 e. The number of hydrogen-bond donors (Lipinski definition) is 0. The first kappa shape index (κ1) is 24.4. The third-order valence-electron chi connectivity index (χ3n) is 6.33. The molecule has 5 rings (SSSR count). The van der Waals surface area contributed by atoms with E-state index in [0.717, 1.165) is 12.8 Å². The highest BCUT2D eigenvalue weighted by molar-refractivity contribution is 6.33. The largest absolute Gasteiger partial charge is 0.416 e. The van der Waals surface area contributed by atoms with Crippen LogP contribution in [0, 0.1) is 5.82 Å². The quantitative estimate of drug-likeness (QED) is 0.375. The number of carbonyl (C=O) groups is 1. The summed E-state index contributed by atoms with van der Waals surface area (Å²) in [6.07, 6.45) is -0.00923. The van der Waals surface area contributed by atoms with Crippen molar-refractivity contribution in [2.75, 3.05) is 18.1 Å². The Morgan fingerprint density at radius 1 is 1.17 bits per heavy atom. The maximum Gasteiger partial charge on any atom is 0.416 e. The minimum Gasteiger partial charge on any atom is -0.360 e. The van der Waals surface area contributed by atoms with Crippen LogP contribution in [0.1, 0.15) is 52.9 Å².